The molecule has 1 fully saturated rings. The molecular weight excluding hydrogens is 347 g/mol. The highest BCUT2D eigenvalue weighted by Crippen LogP contribution is 2.33. The molecule has 8 heteroatoms. The third-order valence-electron chi connectivity index (χ3n) is 3.62. The first-order chi connectivity index (χ1) is 12.0. The highest BCUT2D eigenvalue weighted by molar-refractivity contribution is 8.18. The monoisotopic (exact) mass is 356 g/mol. The van der Waals surface area contributed by atoms with Gasteiger partial charge in [-0.25, -0.2) is 4.39 Å². The van der Waals surface area contributed by atoms with Crippen LogP contribution in [0.2, 0.25) is 0 Å². The number of furan rings is 1. The van der Waals surface area contributed by atoms with Crippen molar-refractivity contribution in [3.05, 3.63) is 53.1 Å². The average molecular weight is 356 g/mol. The summed E-state index contributed by atoms with van der Waals surface area (Å²) in [5.41, 5.74) is 1.49. The van der Waals surface area contributed by atoms with Gasteiger partial charge in [-0.15, -0.1) is 0 Å². The number of rotatable bonds is 2. The SMILES string of the molecule is O=C1NC(=O)/C(=C/c2cc3cncc(-c4ccc(O)c(F)c4)c3o2)S1. The van der Waals surface area contributed by atoms with E-state index in [-0.39, 0.29) is 4.91 Å². The maximum atomic E-state index is 13.6. The van der Waals surface area contributed by atoms with Gasteiger partial charge in [-0.05, 0) is 35.5 Å². The number of aromatic nitrogens is 1. The van der Waals surface area contributed by atoms with Crippen LogP contribution in [-0.4, -0.2) is 21.2 Å². The summed E-state index contributed by atoms with van der Waals surface area (Å²) < 4.78 is 19.4. The van der Waals surface area contributed by atoms with E-state index in [1.165, 1.54) is 24.4 Å². The fourth-order valence-electron chi connectivity index (χ4n) is 2.48. The molecule has 0 aliphatic carbocycles. The molecule has 0 radical (unpaired) electrons. The Labute approximate surface area is 144 Å². The van der Waals surface area contributed by atoms with Gasteiger partial charge in [-0.2, -0.15) is 0 Å². The zero-order chi connectivity index (χ0) is 17.6. The van der Waals surface area contributed by atoms with E-state index in [9.17, 15) is 19.1 Å². The van der Waals surface area contributed by atoms with Crippen LogP contribution in [-0.2, 0) is 4.79 Å². The molecule has 1 aromatic carbocycles. The van der Waals surface area contributed by atoms with Gasteiger partial charge in [0, 0.05) is 29.4 Å². The number of nitrogens with zero attached hydrogens (tertiary/aromatic N) is 1. The highest BCUT2D eigenvalue weighted by Gasteiger charge is 2.25. The summed E-state index contributed by atoms with van der Waals surface area (Å²) in [5, 5.41) is 11.7. The van der Waals surface area contributed by atoms with E-state index >= 15 is 0 Å². The maximum Gasteiger partial charge on any atom is 0.290 e. The number of pyridine rings is 1. The Morgan fingerprint density at radius 1 is 1.24 bits per heavy atom. The summed E-state index contributed by atoms with van der Waals surface area (Å²) in [5.74, 6) is -1.30. The lowest BCUT2D eigenvalue weighted by Crippen LogP contribution is -2.17. The lowest BCUT2D eigenvalue weighted by Gasteiger charge is -2.03. The molecule has 3 aromatic rings. The summed E-state index contributed by atoms with van der Waals surface area (Å²) in [7, 11) is 0. The van der Waals surface area contributed by atoms with Crippen molar-refractivity contribution in [1.82, 2.24) is 10.3 Å². The molecule has 3 heterocycles. The number of halogens is 1. The number of thioether (sulfide) groups is 1. The average Bonchev–Trinajstić information content (AvgIpc) is 3.12. The number of phenolic OH excluding ortho intramolecular Hbond substituents is 1. The van der Waals surface area contributed by atoms with Crippen LogP contribution in [0.3, 0.4) is 0 Å². The zero-order valence-corrected chi connectivity index (χ0v) is 13.3. The van der Waals surface area contributed by atoms with Gasteiger partial charge in [-0.1, -0.05) is 6.07 Å². The molecule has 4 rings (SSSR count). The van der Waals surface area contributed by atoms with Crippen molar-refractivity contribution in [3.8, 4) is 16.9 Å². The number of amides is 2. The van der Waals surface area contributed by atoms with Crippen LogP contribution in [0, 0.1) is 5.82 Å². The summed E-state index contributed by atoms with van der Waals surface area (Å²) in [6.45, 7) is 0. The molecule has 2 N–H and O–H groups in total. The Hall–Kier alpha value is -3.13. The predicted molar refractivity (Wildman–Crippen MR) is 90.2 cm³/mol. The molecule has 0 atom stereocenters. The van der Waals surface area contributed by atoms with E-state index in [2.05, 4.69) is 10.3 Å². The number of carbonyl (C=O) groups excluding carboxylic acids is 2. The van der Waals surface area contributed by atoms with E-state index < -0.39 is 22.7 Å². The van der Waals surface area contributed by atoms with Crippen molar-refractivity contribution in [2.75, 3.05) is 0 Å². The van der Waals surface area contributed by atoms with Crippen molar-refractivity contribution < 1.29 is 23.5 Å². The van der Waals surface area contributed by atoms with Crippen LogP contribution in [0.1, 0.15) is 5.76 Å². The molecule has 25 heavy (non-hydrogen) atoms. The summed E-state index contributed by atoms with van der Waals surface area (Å²) in [4.78, 5) is 27.2. The van der Waals surface area contributed by atoms with Crippen LogP contribution in [0.5, 0.6) is 5.75 Å². The Bertz CT molecular complexity index is 1070. The minimum atomic E-state index is -0.749. The van der Waals surface area contributed by atoms with E-state index in [1.54, 1.807) is 18.3 Å². The Morgan fingerprint density at radius 2 is 2.08 bits per heavy atom. The van der Waals surface area contributed by atoms with Gasteiger partial charge in [-0.3, -0.25) is 19.9 Å². The first-order valence-electron chi connectivity index (χ1n) is 7.12. The fourth-order valence-corrected chi connectivity index (χ4v) is 3.15. The number of imide groups is 1. The summed E-state index contributed by atoms with van der Waals surface area (Å²) >= 11 is 0.791. The minimum Gasteiger partial charge on any atom is -0.505 e. The van der Waals surface area contributed by atoms with Crippen LogP contribution in [0.25, 0.3) is 28.2 Å². The molecule has 0 spiro atoms. The van der Waals surface area contributed by atoms with Crippen molar-refractivity contribution in [1.29, 1.82) is 0 Å². The van der Waals surface area contributed by atoms with Crippen molar-refractivity contribution >= 4 is 40.0 Å². The molecule has 0 bridgehead atoms. The van der Waals surface area contributed by atoms with Gasteiger partial charge in [0.05, 0.1) is 4.91 Å². The number of aromatic hydroxyl groups is 1. The number of benzene rings is 1. The Kier molecular flexibility index (Phi) is 3.54. The number of hydrogen-bond acceptors (Lipinski definition) is 6. The standard InChI is InChI=1S/C17H9FN2O4S/c18-12-4-8(1-2-13(12)21)11-7-19-6-9-3-10(24-15(9)11)5-14-16(22)20-17(23)25-14/h1-7,21H,(H,20,22,23)/b14-5-. The van der Waals surface area contributed by atoms with Gasteiger partial charge in [0.25, 0.3) is 11.1 Å². The Balaban J connectivity index is 1.81. The number of hydrogen-bond donors (Lipinski definition) is 2. The second-order valence-corrected chi connectivity index (χ2v) is 6.29. The van der Waals surface area contributed by atoms with Crippen molar-refractivity contribution in [2.45, 2.75) is 0 Å². The normalized spacial score (nSPS) is 16.0. The lowest BCUT2D eigenvalue weighted by atomic mass is 10.1. The van der Waals surface area contributed by atoms with Crippen LogP contribution in [0.15, 0.2) is 46.0 Å². The van der Waals surface area contributed by atoms with E-state index in [4.69, 9.17) is 4.42 Å². The second-order valence-electron chi connectivity index (χ2n) is 5.27. The molecule has 1 aliphatic rings. The maximum absolute atomic E-state index is 13.6. The molecule has 2 aromatic heterocycles. The first kappa shape index (κ1) is 15.4. The molecule has 6 nitrogen and oxygen atoms in total. The van der Waals surface area contributed by atoms with Gasteiger partial charge in [0.1, 0.15) is 11.3 Å². The molecule has 124 valence electrons. The minimum absolute atomic E-state index is 0.231. The van der Waals surface area contributed by atoms with E-state index in [0.29, 0.717) is 27.9 Å². The molecule has 0 unspecified atom stereocenters. The van der Waals surface area contributed by atoms with E-state index in [1.807, 2.05) is 0 Å². The first-order valence-corrected chi connectivity index (χ1v) is 7.94. The smallest absolute Gasteiger partial charge is 0.290 e. The summed E-state index contributed by atoms with van der Waals surface area (Å²) in [6.07, 6.45) is 4.56. The number of nitrogens with one attached hydrogen (secondary N) is 1. The molecule has 1 saturated heterocycles. The van der Waals surface area contributed by atoms with Gasteiger partial charge >= 0.3 is 0 Å². The second kappa shape index (κ2) is 5.75. The van der Waals surface area contributed by atoms with Gasteiger partial charge in [0.2, 0.25) is 0 Å². The topological polar surface area (TPSA) is 92.4 Å². The van der Waals surface area contributed by atoms with Crippen LogP contribution < -0.4 is 5.32 Å². The number of phenols is 1. The zero-order valence-electron chi connectivity index (χ0n) is 12.4. The molecular formula is C17H9FN2O4S. The van der Waals surface area contributed by atoms with Crippen molar-refractivity contribution in [3.63, 3.8) is 0 Å². The van der Waals surface area contributed by atoms with Crippen LogP contribution >= 0.6 is 11.8 Å². The molecule has 0 saturated carbocycles. The van der Waals surface area contributed by atoms with Gasteiger partial charge < -0.3 is 9.52 Å². The predicted octanol–water partition coefficient (Wildman–Crippen LogP) is 3.66. The van der Waals surface area contributed by atoms with Crippen molar-refractivity contribution in [2.24, 2.45) is 0 Å². The summed E-state index contributed by atoms with van der Waals surface area (Å²) in [6, 6.07) is 5.66. The molecule has 1 aliphatic heterocycles. The van der Waals surface area contributed by atoms with Gasteiger partial charge in [0.15, 0.2) is 11.6 Å². The third-order valence-corrected chi connectivity index (χ3v) is 4.43. The highest BCUT2D eigenvalue weighted by atomic mass is 32.2. The third kappa shape index (κ3) is 2.76. The van der Waals surface area contributed by atoms with Crippen LogP contribution in [0.4, 0.5) is 9.18 Å². The quantitative estimate of drug-likeness (QED) is 0.681. The lowest BCUT2D eigenvalue weighted by molar-refractivity contribution is -0.115. The number of fused-ring (bicyclic) bond motifs is 1. The number of carbonyl (C=O) groups is 2. The van der Waals surface area contributed by atoms with E-state index in [0.717, 1.165) is 11.8 Å². The fraction of sp³-hybridized carbons (Fsp3) is 0. The molecule has 2 amide bonds. The largest absolute Gasteiger partial charge is 0.505 e. The Morgan fingerprint density at radius 3 is 2.80 bits per heavy atom.